The van der Waals surface area contributed by atoms with Crippen LogP contribution in [0.2, 0.25) is 0 Å². The highest BCUT2D eigenvalue weighted by Crippen LogP contribution is 2.32. The molecule has 0 fully saturated rings. The van der Waals surface area contributed by atoms with E-state index in [-0.39, 0.29) is 12.4 Å². The van der Waals surface area contributed by atoms with Crippen molar-refractivity contribution in [1.29, 1.82) is 0 Å². The molecule has 0 aliphatic carbocycles. The topological polar surface area (TPSA) is 24.7 Å². The van der Waals surface area contributed by atoms with Gasteiger partial charge in [0.2, 0.25) is 0 Å². The Morgan fingerprint density at radius 2 is 0.941 bits per heavy atom. The second-order valence-corrected chi connectivity index (χ2v) is 8.37. The quantitative estimate of drug-likeness (QED) is 0.378. The lowest BCUT2D eigenvalue weighted by Crippen LogP contribution is -3.09. The molecule has 0 bridgehead atoms. The van der Waals surface area contributed by atoms with Gasteiger partial charge >= 0.3 is 0 Å². The van der Waals surface area contributed by atoms with Crippen molar-refractivity contribution in [3.05, 3.63) is 144 Å². The Bertz CT molecular complexity index is 1090. The number of benzene rings is 4. The van der Waals surface area contributed by atoms with Crippen molar-refractivity contribution < 1.29 is 22.4 Å². The zero-order valence-electron chi connectivity index (χ0n) is 19.2. The van der Waals surface area contributed by atoms with Gasteiger partial charge in [-0.15, -0.1) is 0 Å². The van der Waals surface area contributed by atoms with Crippen LogP contribution in [0.3, 0.4) is 0 Å². The molecule has 0 aliphatic heterocycles. The van der Waals surface area contributed by atoms with Crippen LogP contribution < -0.4 is 17.3 Å². The first kappa shape index (κ1) is 25.3. The van der Waals surface area contributed by atoms with Crippen LogP contribution in [0.5, 0.6) is 0 Å². The van der Waals surface area contributed by atoms with Gasteiger partial charge < -0.3 is 22.4 Å². The van der Waals surface area contributed by atoms with E-state index in [1.165, 1.54) is 16.0 Å². The second-order valence-electron chi connectivity index (χ2n) is 8.37. The summed E-state index contributed by atoms with van der Waals surface area (Å²) in [6.07, 6.45) is 0.352. The van der Waals surface area contributed by atoms with Crippen molar-refractivity contribution in [2.75, 3.05) is 6.54 Å². The molecule has 4 rings (SSSR count). The molecule has 0 spiro atoms. The summed E-state index contributed by atoms with van der Waals surface area (Å²) in [6, 6.07) is 40.8. The lowest BCUT2D eigenvalue weighted by atomic mass is 9.84. The van der Waals surface area contributed by atoms with Gasteiger partial charge in [-0.25, -0.2) is 0 Å². The summed E-state index contributed by atoms with van der Waals surface area (Å²) in [5, 5.41) is 11.7. The molecule has 34 heavy (non-hydrogen) atoms. The molecule has 2 nitrogen and oxygen atoms in total. The van der Waals surface area contributed by atoms with Crippen LogP contribution in [-0.4, -0.2) is 11.7 Å². The summed E-state index contributed by atoms with van der Waals surface area (Å²) in [6.45, 7) is 2.53. The lowest BCUT2D eigenvalue weighted by Gasteiger charge is -2.27. The highest BCUT2D eigenvalue weighted by molar-refractivity contribution is 5.37. The fraction of sp³-hybridized carbons (Fsp3) is 0.161. The molecule has 0 aliphatic rings. The van der Waals surface area contributed by atoms with Gasteiger partial charge in [-0.2, -0.15) is 0 Å². The fourth-order valence-corrected chi connectivity index (χ4v) is 4.13. The molecule has 0 amide bonds. The molecule has 0 heterocycles. The number of rotatable bonds is 8. The molecule has 2 N–H and O–H groups in total. The van der Waals surface area contributed by atoms with Gasteiger partial charge in [0.15, 0.2) is 0 Å². The molecular weight excluding hydrogens is 438 g/mol. The highest BCUT2D eigenvalue weighted by atomic mass is 35.5. The maximum Gasteiger partial charge on any atom is 0.139 e. The molecule has 3 heteroatoms. The average molecular weight is 468 g/mol. The van der Waals surface area contributed by atoms with Crippen molar-refractivity contribution in [3.63, 3.8) is 0 Å². The molecule has 0 aromatic heterocycles. The van der Waals surface area contributed by atoms with E-state index in [1.807, 2.05) is 72.8 Å². The van der Waals surface area contributed by atoms with Crippen LogP contribution in [0.1, 0.15) is 28.7 Å². The Morgan fingerprint density at radius 1 is 0.559 bits per heavy atom. The van der Waals surface area contributed by atoms with E-state index in [2.05, 4.69) is 60.4 Å². The predicted octanol–water partition coefficient (Wildman–Crippen LogP) is 1.61. The number of nitrogens with one attached hydrogen (secondary N) is 1. The minimum absolute atomic E-state index is 0. The zero-order chi connectivity index (χ0) is 22.8. The Hall–Kier alpha value is -3.35. The van der Waals surface area contributed by atoms with Crippen LogP contribution >= 0.6 is 0 Å². The Balaban J connectivity index is 0.00000324. The molecule has 0 radical (unpaired) electrons. The summed E-state index contributed by atoms with van der Waals surface area (Å²) in [5.74, 6) is 6.68. The van der Waals surface area contributed by atoms with E-state index < -0.39 is 5.60 Å². The Morgan fingerprint density at radius 3 is 1.35 bits per heavy atom. The molecule has 0 saturated heterocycles. The molecule has 0 saturated carbocycles. The number of quaternary nitrogens is 1. The first-order valence-electron chi connectivity index (χ1n) is 11.4. The monoisotopic (exact) mass is 467 g/mol. The molecule has 172 valence electrons. The molecule has 4 aromatic rings. The van der Waals surface area contributed by atoms with Crippen molar-refractivity contribution >= 4 is 0 Å². The van der Waals surface area contributed by atoms with E-state index in [4.69, 9.17) is 0 Å². The summed E-state index contributed by atoms with van der Waals surface area (Å²) in [7, 11) is 0. The van der Waals surface area contributed by atoms with Gasteiger partial charge in [-0.3, -0.25) is 0 Å². The Kier molecular flexibility index (Phi) is 9.50. The molecule has 0 atom stereocenters. The first-order chi connectivity index (χ1) is 16.2. The van der Waals surface area contributed by atoms with E-state index >= 15 is 0 Å². The van der Waals surface area contributed by atoms with Gasteiger partial charge in [-0.05, 0) is 17.0 Å². The van der Waals surface area contributed by atoms with Crippen molar-refractivity contribution in [2.45, 2.75) is 25.1 Å². The van der Waals surface area contributed by atoms with E-state index in [9.17, 15) is 5.11 Å². The zero-order valence-corrected chi connectivity index (χ0v) is 20.0. The number of halogens is 1. The lowest BCUT2D eigenvalue weighted by molar-refractivity contribution is -0.920. The van der Waals surface area contributed by atoms with Gasteiger partial charge in [0.05, 0.1) is 0 Å². The third-order valence-electron chi connectivity index (χ3n) is 5.90. The van der Waals surface area contributed by atoms with Gasteiger partial charge in [0.25, 0.3) is 0 Å². The Labute approximate surface area is 209 Å². The first-order valence-corrected chi connectivity index (χ1v) is 11.4. The van der Waals surface area contributed by atoms with Crippen LogP contribution in [0.4, 0.5) is 0 Å². The van der Waals surface area contributed by atoms with Crippen LogP contribution in [0.15, 0.2) is 121 Å². The summed E-state index contributed by atoms with van der Waals surface area (Å²) in [4.78, 5) is 1.38. The van der Waals surface area contributed by atoms with E-state index in [0.29, 0.717) is 13.0 Å². The molecular formula is C31H30ClNO. The number of aliphatic hydroxyl groups is 1. The number of hydrogen-bond donors (Lipinski definition) is 2. The fourth-order valence-electron chi connectivity index (χ4n) is 4.13. The van der Waals surface area contributed by atoms with Crippen LogP contribution in [0.25, 0.3) is 0 Å². The maximum absolute atomic E-state index is 11.7. The van der Waals surface area contributed by atoms with E-state index in [1.54, 1.807) is 0 Å². The van der Waals surface area contributed by atoms with Gasteiger partial charge in [-0.1, -0.05) is 127 Å². The highest BCUT2D eigenvalue weighted by Gasteiger charge is 2.30. The van der Waals surface area contributed by atoms with Gasteiger partial charge in [0.1, 0.15) is 25.2 Å². The van der Waals surface area contributed by atoms with Crippen molar-refractivity contribution in [2.24, 2.45) is 0 Å². The number of hydrogen-bond acceptors (Lipinski definition) is 1. The van der Waals surface area contributed by atoms with Crippen LogP contribution in [0, 0.1) is 11.8 Å². The second kappa shape index (κ2) is 12.8. The smallest absolute Gasteiger partial charge is 0.139 e. The maximum atomic E-state index is 11.7. The van der Waals surface area contributed by atoms with Crippen molar-refractivity contribution in [3.8, 4) is 11.8 Å². The van der Waals surface area contributed by atoms with Gasteiger partial charge in [0, 0.05) is 17.5 Å². The summed E-state index contributed by atoms with van der Waals surface area (Å²) >= 11 is 0. The van der Waals surface area contributed by atoms with E-state index in [0.717, 1.165) is 24.2 Å². The molecule has 0 unspecified atom stereocenters. The largest absolute Gasteiger partial charge is 1.00 e. The minimum Gasteiger partial charge on any atom is -1.00 e. The standard InChI is InChI=1S/C31H29NO.ClH/c33-31(29-19-9-3-10-20-29,30-21-11-4-12-22-30)23-13-14-24-32(25-27-15-5-1-6-16-27)26-28-17-7-2-8-18-28;/h1-12,15-22,33H,23-26H2;1H. The summed E-state index contributed by atoms with van der Waals surface area (Å²) < 4.78 is 0. The third kappa shape index (κ3) is 6.83. The minimum atomic E-state index is -1.13. The third-order valence-corrected chi connectivity index (χ3v) is 5.90. The normalized spacial score (nSPS) is 10.8. The predicted molar refractivity (Wildman–Crippen MR) is 134 cm³/mol. The summed E-state index contributed by atoms with van der Waals surface area (Å²) in [5.41, 5.74) is 3.20. The average Bonchev–Trinajstić information content (AvgIpc) is 2.88. The molecule has 4 aromatic carbocycles. The SMILES string of the molecule is OC(CC#CC[NH+](Cc1ccccc1)Cc1ccccc1)(c1ccccc1)c1ccccc1.[Cl-]. The van der Waals surface area contributed by atoms with Crippen LogP contribution in [-0.2, 0) is 18.7 Å². The van der Waals surface area contributed by atoms with Crippen molar-refractivity contribution in [1.82, 2.24) is 0 Å².